The Kier molecular flexibility index (Phi) is 5.11. The first kappa shape index (κ1) is 17.1. The average molecular weight is 356 g/mol. The predicted molar refractivity (Wildman–Crippen MR) is 97.3 cm³/mol. The molecule has 1 saturated heterocycles. The molecule has 1 fully saturated rings. The van der Waals surface area contributed by atoms with Gasteiger partial charge in [0.1, 0.15) is 11.8 Å². The van der Waals surface area contributed by atoms with Crippen LogP contribution in [0.3, 0.4) is 0 Å². The van der Waals surface area contributed by atoms with E-state index < -0.39 is 0 Å². The van der Waals surface area contributed by atoms with Crippen molar-refractivity contribution in [3.63, 3.8) is 0 Å². The zero-order chi connectivity index (χ0) is 17.8. The quantitative estimate of drug-likeness (QED) is 0.848. The van der Waals surface area contributed by atoms with Gasteiger partial charge in [-0.05, 0) is 36.4 Å². The van der Waals surface area contributed by atoms with E-state index in [0.717, 1.165) is 5.69 Å². The lowest BCUT2D eigenvalue weighted by atomic mass is 10.1. The zero-order valence-electron chi connectivity index (χ0n) is 13.9. The van der Waals surface area contributed by atoms with Gasteiger partial charge in [-0.1, -0.05) is 17.7 Å². The maximum absolute atomic E-state index is 12.7. The Bertz CT molecular complexity index is 824. The van der Waals surface area contributed by atoms with Crippen molar-refractivity contribution in [2.45, 2.75) is 0 Å². The molecule has 1 amide bonds. The molecule has 5 nitrogen and oxygen atoms in total. The summed E-state index contributed by atoms with van der Waals surface area (Å²) in [5.74, 6) is 0.666. The van der Waals surface area contributed by atoms with E-state index >= 15 is 0 Å². The van der Waals surface area contributed by atoms with Gasteiger partial charge >= 0.3 is 0 Å². The van der Waals surface area contributed by atoms with E-state index in [9.17, 15) is 10.1 Å². The number of rotatable bonds is 3. The summed E-state index contributed by atoms with van der Waals surface area (Å²) in [6.07, 6.45) is 0. The van der Waals surface area contributed by atoms with Crippen molar-refractivity contribution in [3.8, 4) is 11.8 Å². The number of benzene rings is 2. The van der Waals surface area contributed by atoms with Crippen LogP contribution in [0.15, 0.2) is 42.5 Å². The van der Waals surface area contributed by atoms with E-state index in [0.29, 0.717) is 48.1 Å². The summed E-state index contributed by atoms with van der Waals surface area (Å²) in [7, 11) is 1.58. The minimum absolute atomic E-state index is 0.00448. The van der Waals surface area contributed by atoms with Gasteiger partial charge in [0.15, 0.2) is 0 Å². The van der Waals surface area contributed by atoms with E-state index in [1.807, 2.05) is 23.1 Å². The highest BCUT2D eigenvalue weighted by Crippen LogP contribution is 2.25. The van der Waals surface area contributed by atoms with Crippen LogP contribution in [-0.4, -0.2) is 44.1 Å². The van der Waals surface area contributed by atoms with Crippen LogP contribution < -0.4 is 9.64 Å². The molecule has 1 heterocycles. The second kappa shape index (κ2) is 7.45. The molecule has 0 unspecified atom stereocenters. The van der Waals surface area contributed by atoms with Gasteiger partial charge in [-0.25, -0.2) is 0 Å². The molecule has 6 heteroatoms. The molecule has 128 valence electrons. The Hall–Kier alpha value is -2.71. The van der Waals surface area contributed by atoms with Gasteiger partial charge < -0.3 is 14.5 Å². The molecule has 0 saturated carbocycles. The lowest BCUT2D eigenvalue weighted by molar-refractivity contribution is 0.0746. The molecule has 1 aliphatic rings. The molecule has 0 spiro atoms. The summed E-state index contributed by atoms with van der Waals surface area (Å²) in [5, 5.41) is 9.85. The molecule has 0 radical (unpaired) electrons. The maximum Gasteiger partial charge on any atom is 0.254 e. The molecule has 25 heavy (non-hydrogen) atoms. The third-order valence-corrected chi connectivity index (χ3v) is 4.54. The van der Waals surface area contributed by atoms with Crippen LogP contribution in [-0.2, 0) is 0 Å². The summed E-state index contributed by atoms with van der Waals surface area (Å²) in [5.41, 5.74) is 2.04. The largest absolute Gasteiger partial charge is 0.497 e. The first-order valence-corrected chi connectivity index (χ1v) is 8.38. The molecule has 0 atom stereocenters. The number of amides is 1. The highest BCUT2D eigenvalue weighted by Gasteiger charge is 2.23. The Morgan fingerprint density at radius 2 is 1.92 bits per heavy atom. The monoisotopic (exact) mass is 355 g/mol. The number of hydrogen-bond donors (Lipinski definition) is 0. The number of piperazine rings is 1. The van der Waals surface area contributed by atoms with Crippen LogP contribution in [0.4, 0.5) is 5.69 Å². The van der Waals surface area contributed by atoms with Crippen LogP contribution >= 0.6 is 11.6 Å². The minimum Gasteiger partial charge on any atom is -0.497 e. The Morgan fingerprint density at radius 1 is 1.16 bits per heavy atom. The molecule has 3 rings (SSSR count). The normalized spacial score (nSPS) is 14.1. The fourth-order valence-corrected chi connectivity index (χ4v) is 3.13. The fraction of sp³-hybridized carbons (Fsp3) is 0.263. The number of ether oxygens (including phenoxy) is 1. The molecule has 0 bridgehead atoms. The van der Waals surface area contributed by atoms with Gasteiger partial charge in [-0.15, -0.1) is 0 Å². The van der Waals surface area contributed by atoms with E-state index in [2.05, 4.69) is 11.0 Å². The van der Waals surface area contributed by atoms with Crippen molar-refractivity contribution >= 4 is 23.2 Å². The molecule has 0 aliphatic carbocycles. The number of hydrogen-bond acceptors (Lipinski definition) is 4. The first-order valence-electron chi connectivity index (χ1n) is 8.00. The molecule has 0 N–H and O–H groups in total. The van der Waals surface area contributed by atoms with Gasteiger partial charge in [0, 0.05) is 36.8 Å². The Balaban J connectivity index is 1.69. The Labute approximate surface area is 152 Å². The van der Waals surface area contributed by atoms with Crippen molar-refractivity contribution in [3.05, 3.63) is 58.6 Å². The van der Waals surface area contributed by atoms with Crippen molar-refractivity contribution in [2.75, 3.05) is 38.2 Å². The van der Waals surface area contributed by atoms with Gasteiger partial charge in [-0.2, -0.15) is 5.26 Å². The fourth-order valence-electron chi connectivity index (χ4n) is 2.96. The van der Waals surface area contributed by atoms with E-state index in [1.54, 1.807) is 31.4 Å². The number of carbonyl (C=O) groups excluding carboxylic acids is 1. The highest BCUT2D eigenvalue weighted by atomic mass is 35.5. The molecule has 2 aromatic carbocycles. The van der Waals surface area contributed by atoms with Crippen molar-refractivity contribution in [1.29, 1.82) is 5.26 Å². The molecular formula is C19H18ClN3O2. The van der Waals surface area contributed by atoms with Gasteiger partial charge in [0.25, 0.3) is 5.91 Å². The summed E-state index contributed by atoms with van der Waals surface area (Å²) in [4.78, 5) is 16.6. The SMILES string of the molecule is COc1cccc(C(=O)N2CCN(c3ccc(Cl)cc3C#N)CC2)c1. The molecule has 0 aromatic heterocycles. The summed E-state index contributed by atoms with van der Waals surface area (Å²) in [6, 6.07) is 14.7. The van der Waals surface area contributed by atoms with Crippen LogP contribution in [0, 0.1) is 11.3 Å². The van der Waals surface area contributed by atoms with E-state index in [4.69, 9.17) is 16.3 Å². The van der Waals surface area contributed by atoms with Gasteiger partial charge in [0.2, 0.25) is 0 Å². The van der Waals surface area contributed by atoms with Crippen molar-refractivity contribution < 1.29 is 9.53 Å². The second-order valence-electron chi connectivity index (χ2n) is 5.78. The summed E-state index contributed by atoms with van der Waals surface area (Å²) in [6.45, 7) is 2.55. The van der Waals surface area contributed by atoms with Crippen LogP contribution in [0.2, 0.25) is 5.02 Å². The van der Waals surface area contributed by atoms with Gasteiger partial charge in [-0.3, -0.25) is 4.79 Å². The third kappa shape index (κ3) is 3.70. The van der Waals surface area contributed by atoms with Crippen molar-refractivity contribution in [1.82, 2.24) is 4.90 Å². The lowest BCUT2D eigenvalue weighted by Crippen LogP contribution is -2.49. The van der Waals surface area contributed by atoms with E-state index in [-0.39, 0.29) is 5.91 Å². The topological polar surface area (TPSA) is 56.6 Å². The van der Waals surface area contributed by atoms with Gasteiger partial charge in [0.05, 0.1) is 18.4 Å². The summed E-state index contributed by atoms with van der Waals surface area (Å²) < 4.78 is 5.18. The number of anilines is 1. The number of carbonyl (C=O) groups is 1. The van der Waals surface area contributed by atoms with Crippen LogP contribution in [0.1, 0.15) is 15.9 Å². The maximum atomic E-state index is 12.7. The smallest absolute Gasteiger partial charge is 0.254 e. The van der Waals surface area contributed by atoms with Crippen molar-refractivity contribution in [2.24, 2.45) is 0 Å². The number of halogens is 1. The third-order valence-electron chi connectivity index (χ3n) is 4.30. The zero-order valence-corrected chi connectivity index (χ0v) is 14.7. The average Bonchev–Trinajstić information content (AvgIpc) is 2.67. The van der Waals surface area contributed by atoms with Crippen LogP contribution in [0.25, 0.3) is 0 Å². The summed E-state index contributed by atoms with van der Waals surface area (Å²) >= 11 is 5.96. The number of methoxy groups -OCH3 is 1. The minimum atomic E-state index is -0.00448. The second-order valence-corrected chi connectivity index (χ2v) is 6.22. The number of nitrogens with zero attached hydrogens (tertiary/aromatic N) is 3. The molecule has 2 aromatic rings. The standard InChI is InChI=1S/C19H18ClN3O2/c1-25-17-4-2-3-14(12-17)19(24)23-9-7-22(8-10-23)18-6-5-16(20)11-15(18)13-21/h2-6,11-12H,7-10H2,1H3. The number of nitriles is 1. The molecular weight excluding hydrogens is 338 g/mol. The highest BCUT2D eigenvalue weighted by molar-refractivity contribution is 6.30. The Morgan fingerprint density at radius 3 is 2.60 bits per heavy atom. The lowest BCUT2D eigenvalue weighted by Gasteiger charge is -2.36. The first-order chi connectivity index (χ1) is 12.1. The van der Waals surface area contributed by atoms with E-state index in [1.165, 1.54) is 0 Å². The molecule has 1 aliphatic heterocycles. The van der Waals surface area contributed by atoms with Crippen LogP contribution in [0.5, 0.6) is 5.75 Å². The predicted octanol–water partition coefficient (Wildman–Crippen LogP) is 3.18.